The number of nitrogens with one attached hydrogen (secondary N) is 1. The Bertz CT molecular complexity index is 572. The summed E-state index contributed by atoms with van der Waals surface area (Å²) in [4.78, 5) is -0.151. The smallest absolute Gasteiger partial charge is 0.240 e. The Morgan fingerprint density at radius 1 is 1.53 bits per heavy atom. The number of hydrogen-bond donors (Lipinski definition) is 2. The molecule has 0 unspecified atom stereocenters. The van der Waals surface area contributed by atoms with Crippen LogP contribution in [0.3, 0.4) is 0 Å². The minimum Gasteiger partial charge on any atom is -0.386 e. The number of ether oxygens (including phenoxy) is 1. The molecule has 1 atom stereocenters. The van der Waals surface area contributed by atoms with Gasteiger partial charge >= 0.3 is 0 Å². The minimum atomic E-state index is -3.84. The van der Waals surface area contributed by atoms with Gasteiger partial charge in [0.2, 0.25) is 10.0 Å². The largest absolute Gasteiger partial charge is 0.386 e. The van der Waals surface area contributed by atoms with Crippen LogP contribution in [0.1, 0.15) is 6.42 Å². The molecule has 2 N–H and O–H groups in total. The second-order valence-corrected chi connectivity index (χ2v) is 6.60. The van der Waals surface area contributed by atoms with Gasteiger partial charge in [-0.3, -0.25) is 0 Å². The molecule has 106 valence electrons. The Kier molecular flexibility index (Phi) is 4.12. The first-order chi connectivity index (χ1) is 8.82. The fourth-order valence-corrected chi connectivity index (χ4v) is 3.08. The summed E-state index contributed by atoms with van der Waals surface area (Å²) in [6.07, 6.45) is 0.361. The molecule has 5 nitrogen and oxygen atoms in total. The Hall–Kier alpha value is -0.730. The molecular formula is C11H13ClFNO4S. The van der Waals surface area contributed by atoms with Crippen LogP contribution in [0.25, 0.3) is 0 Å². The van der Waals surface area contributed by atoms with Crippen molar-refractivity contribution in [1.29, 1.82) is 0 Å². The molecule has 0 spiro atoms. The summed E-state index contributed by atoms with van der Waals surface area (Å²) < 4.78 is 44.2. The predicted molar refractivity (Wildman–Crippen MR) is 67.0 cm³/mol. The van der Waals surface area contributed by atoms with Gasteiger partial charge < -0.3 is 9.84 Å². The highest BCUT2D eigenvalue weighted by molar-refractivity contribution is 7.89. The number of benzene rings is 1. The Balaban J connectivity index is 2.11. The SMILES string of the molecule is O=S(=O)(NC[C@@]1(O)CCOC1)c1ccc(F)c(Cl)c1. The van der Waals surface area contributed by atoms with Crippen molar-refractivity contribution in [2.45, 2.75) is 16.9 Å². The van der Waals surface area contributed by atoms with Crippen LogP contribution in [0.2, 0.25) is 5.02 Å². The molecule has 0 saturated carbocycles. The maximum Gasteiger partial charge on any atom is 0.240 e. The minimum absolute atomic E-state index is 0.0830. The van der Waals surface area contributed by atoms with Crippen molar-refractivity contribution in [3.63, 3.8) is 0 Å². The van der Waals surface area contributed by atoms with E-state index in [4.69, 9.17) is 16.3 Å². The summed E-state index contributed by atoms with van der Waals surface area (Å²) in [5.41, 5.74) is -1.20. The van der Waals surface area contributed by atoms with Crippen LogP contribution in [0.4, 0.5) is 4.39 Å². The molecule has 0 aliphatic carbocycles. The second-order valence-electron chi connectivity index (χ2n) is 4.43. The summed E-state index contributed by atoms with van der Waals surface area (Å²) in [6, 6.07) is 3.11. The van der Waals surface area contributed by atoms with Gasteiger partial charge in [-0.15, -0.1) is 0 Å². The first-order valence-corrected chi connectivity index (χ1v) is 7.43. The number of rotatable bonds is 4. The van der Waals surface area contributed by atoms with Crippen LogP contribution in [0, 0.1) is 5.82 Å². The van der Waals surface area contributed by atoms with Gasteiger partial charge in [0.25, 0.3) is 0 Å². The molecule has 0 amide bonds. The van der Waals surface area contributed by atoms with Crippen molar-refractivity contribution >= 4 is 21.6 Å². The van der Waals surface area contributed by atoms with Crippen molar-refractivity contribution in [2.75, 3.05) is 19.8 Å². The van der Waals surface area contributed by atoms with Gasteiger partial charge in [0.05, 0.1) is 16.5 Å². The first kappa shape index (κ1) is 14.7. The van der Waals surface area contributed by atoms with Crippen molar-refractivity contribution < 1.29 is 22.7 Å². The highest BCUT2D eigenvalue weighted by Gasteiger charge is 2.33. The summed E-state index contributed by atoms with van der Waals surface area (Å²) in [7, 11) is -3.84. The molecule has 19 heavy (non-hydrogen) atoms. The van der Waals surface area contributed by atoms with E-state index in [1.165, 1.54) is 0 Å². The summed E-state index contributed by atoms with van der Waals surface area (Å²) in [6.45, 7) is 0.310. The fraction of sp³-hybridized carbons (Fsp3) is 0.455. The Morgan fingerprint density at radius 2 is 2.26 bits per heavy atom. The molecule has 2 rings (SSSR count). The van der Waals surface area contributed by atoms with Gasteiger partial charge in [0.1, 0.15) is 11.4 Å². The van der Waals surface area contributed by atoms with Crippen LogP contribution >= 0.6 is 11.6 Å². The third kappa shape index (κ3) is 3.43. The molecule has 1 fully saturated rings. The van der Waals surface area contributed by atoms with Crippen molar-refractivity contribution in [3.8, 4) is 0 Å². The quantitative estimate of drug-likeness (QED) is 0.867. The van der Waals surface area contributed by atoms with Gasteiger partial charge in [-0.2, -0.15) is 0 Å². The molecule has 1 heterocycles. The monoisotopic (exact) mass is 309 g/mol. The van der Waals surface area contributed by atoms with Gasteiger partial charge in [-0.25, -0.2) is 17.5 Å². The lowest BCUT2D eigenvalue weighted by atomic mass is 10.1. The van der Waals surface area contributed by atoms with Crippen LogP contribution in [-0.2, 0) is 14.8 Å². The maximum absolute atomic E-state index is 13.0. The van der Waals surface area contributed by atoms with E-state index in [0.29, 0.717) is 13.0 Å². The molecule has 1 aromatic rings. The third-order valence-corrected chi connectivity index (χ3v) is 4.56. The number of hydrogen-bond acceptors (Lipinski definition) is 4. The van der Waals surface area contributed by atoms with E-state index in [0.717, 1.165) is 18.2 Å². The molecule has 0 bridgehead atoms. The van der Waals surface area contributed by atoms with Gasteiger partial charge in [-0.05, 0) is 18.2 Å². The lowest BCUT2D eigenvalue weighted by molar-refractivity contribution is 0.0314. The zero-order valence-electron chi connectivity index (χ0n) is 9.90. The molecule has 1 saturated heterocycles. The number of halogens is 2. The number of aliphatic hydroxyl groups is 1. The molecule has 1 aliphatic rings. The first-order valence-electron chi connectivity index (χ1n) is 5.57. The fourth-order valence-electron chi connectivity index (χ4n) is 1.69. The maximum atomic E-state index is 13.0. The topological polar surface area (TPSA) is 75.6 Å². The lowest BCUT2D eigenvalue weighted by Crippen LogP contribution is -2.43. The average molecular weight is 310 g/mol. The van der Waals surface area contributed by atoms with Crippen molar-refractivity contribution in [3.05, 3.63) is 29.0 Å². The van der Waals surface area contributed by atoms with E-state index < -0.39 is 21.4 Å². The average Bonchev–Trinajstić information content (AvgIpc) is 2.78. The van der Waals surface area contributed by atoms with E-state index in [1.54, 1.807) is 0 Å². The molecule has 1 aromatic carbocycles. The van der Waals surface area contributed by atoms with E-state index in [2.05, 4.69) is 4.72 Å². The van der Waals surface area contributed by atoms with Gasteiger partial charge in [0.15, 0.2) is 0 Å². The zero-order valence-corrected chi connectivity index (χ0v) is 11.5. The molecule has 0 radical (unpaired) electrons. The van der Waals surface area contributed by atoms with E-state index in [1.807, 2.05) is 0 Å². The Labute approximate surface area is 115 Å². The molecular weight excluding hydrogens is 297 g/mol. The highest BCUT2D eigenvalue weighted by Crippen LogP contribution is 2.21. The molecule has 8 heteroatoms. The predicted octanol–water partition coefficient (Wildman–Crippen LogP) is 0.909. The molecule has 1 aliphatic heterocycles. The highest BCUT2D eigenvalue weighted by atomic mass is 35.5. The standard InChI is InChI=1S/C11H13ClFNO4S/c12-9-5-8(1-2-10(9)13)19(16,17)14-6-11(15)3-4-18-7-11/h1-2,5,14-15H,3-4,6-7H2/t11-/m0/s1. The normalized spacial score (nSPS) is 23.7. The third-order valence-electron chi connectivity index (χ3n) is 2.88. The van der Waals surface area contributed by atoms with E-state index in [-0.39, 0.29) is 23.1 Å². The summed E-state index contributed by atoms with van der Waals surface area (Å²) in [5.74, 6) is -0.691. The van der Waals surface area contributed by atoms with Crippen LogP contribution in [-0.4, -0.2) is 38.9 Å². The van der Waals surface area contributed by atoms with Crippen LogP contribution in [0.5, 0.6) is 0 Å². The lowest BCUT2D eigenvalue weighted by Gasteiger charge is -2.20. The Morgan fingerprint density at radius 3 is 2.84 bits per heavy atom. The van der Waals surface area contributed by atoms with E-state index >= 15 is 0 Å². The van der Waals surface area contributed by atoms with E-state index in [9.17, 15) is 17.9 Å². The second kappa shape index (κ2) is 5.34. The van der Waals surface area contributed by atoms with Gasteiger partial charge in [0, 0.05) is 19.6 Å². The van der Waals surface area contributed by atoms with Crippen LogP contribution < -0.4 is 4.72 Å². The number of sulfonamides is 1. The summed E-state index contributed by atoms with van der Waals surface area (Å²) in [5, 5.41) is 9.69. The summed E-state index contributed by atoms with van der Waals surface area (Å²) >= 11 is 5.54. The van der Waals surface area contributed by atoms with Crippen molar-refractivity contribution in [2.24, 2.45) is 0 Å². The van der Waals surface area contributed by atoms with Crippen LogP contribution in [0.15, 0.2) is 23.1 Å². The molecule has 0 aromatic heterocycles. The zero-order chi connectivity index (χ0) is 14.1. The van der Waals surface area contributed by atoms with Gasteiger partial charge in [-0.1, -0.05) is 11.6 Å². The van der Waals surface area contributed by atoms with Crippen molar-refractivity contribution in [1.82, 2.24) is 4.72 Å².